The summed E-state index contributed by atoms with van der Waals surface area (Å²) >= 11 is 0. The van der Waals surface area contributed by atoms with Crippen LogP contribution in [0.4, 0.5) is 0 Å². The van der Waals surface area contributed by atoms with Crippen molar-refractivity contribution in [2.24, 2.45) is 0 Å². The number of hydrogen-bond acceptors (Lipinski definition) is 2. The molecule has 1 rings (SSSR count). The largest absolute Gasteiger partial charge is 0.300 e. The second-order valence-corrected chi connectivity index (χ2v) is 3.19. The Morgan fingerprint density at radius 1 is 1.69 bits per heavy atom. The molecular weight excluding hydrogens is 162 g/mol. The van der Waals surface area contributed by atoms with Gasteiger partial charge in [0.1, 0.15) is 0 Å². The summed E-state index contributed by atoms with van der Waals surface area (Å²) in [6.45, 7) is 5.54. The van der Waals surface area contributed by atoms with Crippen molar-refractivity contribution in [1.29, 1.82) is 0 Å². The second kappa shape index (κ2) is 4.68. The Balaban J connectivity index is 2.45. The van der Waals surface area contributed by atoms with Crippen molar-refractivity contribution in [2.75, 3.05) is 6.54 Å². The molecule has 0 amide bonds. The van der Waals surface area contributed by atoms with Crippen molar-refractivity contribution >= 4 is 0 Å². The fourth-order valence-electron chi connectivity index (χ4n) is 1.02. The number of nitrogens with zero attached hydrogens (tertiary/aromatic N) is 2. The Kier molecular flexibility index (Phi) is 3.53. The zero-order valence-corrected chi connectivity index (χ0v) is 8.12. The molecule has 0 aromatic carbocycles. The molecule has 3 nitrogen and oxygen atoms in total. The van der Waals surface area contributed by atoms with Crippen LogP contribution in [0.3, 0.4) is 0 Å². The van der Waals surface area contributed by atoms with E-state index < -0.39 is 0 Å². The summed E-state index contributed by atoms with van der Waals surface area (Å²) in [7, 11) is 0. The molecular formula is C10H15N3. The van der Waals surface area contributed by atoms with E-state index >= 15 is 0 Å². The monoisotopic (exact) mass is 177 g/mol. The molecule has 0 atom stereocenters. The molecule has 0 saturated heterocycles. The van der Waals surface area contributed by atoms with E-state index in [2.05, 4.69) is 30.2 Å². The van der Waals surface area contributed by atoms with Crippen molar-refractivity contribution in [2.45, 2.75) is 26.4 Å². The van der Waals surface area contributed by atoms with Gasteiger partial charge in [-0.2, -0.15) is 5.10 Å². The number of aromatic nitrogens is 2. The third-order valence-electron chi connectivity index (χ3n) is 1.73. The highest BCUT2D eigenvalue weighted by molar-refractivity contribution is 5.00. The summed E-state index contributed by atoms with van der Waals surface area (Å²) in [6.07, 6.45) is 7.09. The van der Waals surface area contributed by atoms with E-state index in [0.717, 1.165) is 12.2 Å². The molecule has 1 heterocycles. The lowest BCUT2D eigenvalue weighted by atomic mass is 10.4. The number of nitrogens with one attached hydrogen (secondary N) is 1. The molecule has 13 heavy (non-hydrogen) atoms. The first-order chi connectivity index (χ1) is 6.24. The van der Waals surface area contributed by atoms with Gasteiger partial charge < -0.3 is 5.32 Å². The van der Waals surface area contributed by atoms with Crippen LogP contribution in [0.2, 0.25) is 0 Å². The first-order valence-corrected chi connectivity index (χ1v) is 4.42. The minimum atomic E-state index is 0.418. The van der Waals surface area contributed by atoms with Gasteiger partial charge in [-0.15, -0.1) is 6.42 Å². The summed E-state index contributed by atoms with van der Waals surface area (Å²) in [6, 6.07) is 2.42. The maximum absolute atomic E-state index is 5.11. The predicted molar refractivity (Wildman–Crippen MR) is 53.2 cm³/mol. The highest BCUT2D eigenvalue weighted by Gasteiger charge is 2.00. The first-order valence-electron chi connectivity index (χ1n) is 4.42. The number of terminal acetylenes is 1. The summed E-state index contributed by atoms with van der Waals surface area (Å²) in [5, 5.41) is 7.46. The zero-order chi connectivity index (χ0) is 9.68. The van der Waals surface area contributed by atoms with Crippen LogP contribution >= 0.6 is 0 Å². The predicted octanol–water partition coefficient (Wildman–Crippen LogP) is 1.19. The molecule has 70 valence electrons. The van der Waals surface area contributed by atoms with Crippen LogP contribution in [0.1, 0.15) is 25.6 Å². The number of rotatable bonds is 4. The van der Waals surface area contributed by atoms with Gasteiger partial charge in [-0.05, 0) is 19.9 Å². The molecule has 0 spiro atoms. The van der Waals surface area contributed by atoms with E-state index in [1.807, 2.05) is 16.9 Å². The highest BCUT2D eigenvalue weighted by atomic mass is 15.3. The molecule has 1 aromatic rings. The van der Waals surface area contributed by atoms with E-state index in [9.17, 15) is 0 Å². The molecule has 0 bridgehead atoms. The van der Waals surface area contributed by atoms with Crippen molar-refractivity contribution in [3.8, 4) is 12.3 Å². The SMILES string of the molecule is C#CCNCc1ccn(C(C)C)n1. The second-order valence-electron chi connectivity index (χ2n) is 3.19. The molecule has 0 fully saturated rings. The van der Waals surface area contributed by atoms with E-state index in [4.69, 9.17) is 6.42 Å². The van der Waals surface area contributed by atoms with Crippen LogP contribution in [0.25, 0.3) is 0 Å². The Hall–Kier alpha value is -1.27. The van der Waals surface area contributed by atoms with E-state index in [1.165, 1.54) is 0 Å². The third kappa shape index (κ3) is 2.92. The quantitative estimate of drug-likeness (QED) is 0.553. The molecule has 0 aliphatic heterocycles. The molecule has 0 saturated carbocycles. The molecule has 1 N–H and O–H groups in total. The fourth-order valence-corrected chi connectivity index (χ4v) is 1.02. The minimum Gasteiger partial charge on any atom is -0.300 e. The first kappa shape index (κ1) is 9.82. The molecule has 0 radical (unpaired) electrons. The normalized spacial score (nSPS) is 10.3. The van der Waals surface area contributed by atoms with E-state index in [-0.39, 0.29) is 0 Å². The molecule has 0 aliphatic carbocycles. The van der Waals surface area contributed by atoms with Crippen molar-refractivity contribution < 1.29 is 0 Å². The topological polar surface area (TPSA) is 29.9 Å². The van der Waals surface area contributed by atoms with Crippen LogP contribution in [-0.2, 0) is 6.54 Å². The van der Waals surface area contributed by atoms with Crippen molar-refractivity contribution in [3.63, 3.8) is 0 Å². The standard InChI is InChI=1S/C10H15N3/c1-4-6-11-8-10-5-7-13(12-10)9(2)3/h1,5,7,9,11H,6,8H2,2-3H3. The van der Waals surface area contributed by atoms with Crippen LogP contribution < -0.4 is 5.32 Å². The number of hydrogen-bond donors (Lipinski definition) is 1. The van der Waals surface area contributed by atoms with Gasteiger partial charge in [0, 0.05) is 18.8 Å². The Morgan fingerprint density at radius 3 is 3.00 bits per heavy atom. The van der Waals surface area contributed by atoms with Crippen LogP contribution in [0, 0.1) is 12.3 Å². The summed E-state index contributed by atoms with van der Waals surface area (Å²) in [5.41, 5.74) is 1.03. The van der Waals surface area contributed by atoms with Gasteiger partial charge >= 0.3 is 0 Å². The van der Waals surface area contributed by atoms with Crippen molar-refractivity contribution in [1.82, 2.24) is 15.1 Å². The van der Waals surface area contributed by atoms with Gasteiger partial charge in [0.15, 0.2) is 0 Å². The summed E-state index contributed by atoms with van der Waals surface area (Å²) < 4.78 is 1.94. The van der Waals surface area contributed by atoms with Gasteiger partial charge in [-0.1, -0.05) is 5.92 Å². The van der Waals surface area contributed by atoms with E-state index in [1.54, 1.807) is 0 Å². The highest BCUT2D eigenvalue weighted by Crippen LogP contribution is 2.03. The van der Waals surface area contributed by atoms with Crippen LogP contribution in [0.15, 0.2) is 12.3 Å². The van der Waals surface area contributed by atoms with Gasteiger partial charge in [0.25, 0.3) is 0 Å². The smallest absolute Gasteiger partial charge is 0.0762 e. The zero-order valence-electron chi connectivity index (χ0n) is 8.12. The molecule has 1 aromatic heterocycles. The Bertz CT molecular complexity index is 293. The summed E-state index contributed by atoms with van der Waals surface area (Å²) in [4.78, 5) is 0. The lowest BCUT2D eigenvalue weighted by Gasteiger charge is -2.03. The maximum atomic E-state index is 5.11. The van der Waals surface area contributed by atoms with Crippen LogP contribution in [-0.4, -0.2) is 16.3 Å². The lowest BCUT2D eigenvalue weighted by molar-refractivity contribution is 0.523. The minimum absolute atomic E-state index is 0.418. The average molecular weight is 177 g/mol. The molecule has 0 aliphatic rings. The van der Waals surface area contributed by atoms with Gasteiger partial charge in [-0.3, -0.25) is 4.68 Å². The fraction of sp³-hybridized carbons (Fsp3) is 0.500. The van der Waals surface area contributed by atoms with Crippen molar-refractivity contribution in [3.05, 3.63) is 18.0 Å². The van der Waals surface area contributed by atoms with Crippen LogP contribution in [0.5, 0.6) is 0 Å². The lowest BCUT2D eigenvalue weighted by Crippen LogP contribution is -2.14. The average Bonchev–Trinajstić information content (AvgIpc) is 2.53. The summed E-state index contributed by atoms with van der Waals surface area (Å²) in [5.74, 6) is 2.52. The molecule has 0 unspecified atom stereocenters. The Labute approximate surface area is 79.1 Å². The Morgan fingerprint density at radius 2 is 2.46 bits per heavy atom. The van der Waals surface area contributed by atoms with Gasteiger partial charge in [0.2, 0.25) is 0 Å². The maximum Gasteiger partial charge on any atom is 0.0762 e. The van der Waals surface area contributed by atoms with Gasteiger partial charge in [-0.25, -0.2) is 0 Å². The third-order valence-corrected chi connectivity index (χ3v) is 1.73. The molecule has 3 heteroatoms. The van der Waals surface area contributed by atoms with E-state index in [0.29, 0.717) is 12.6 Å². The van der Waals surface area contributed by atoms with Gasteiger partial charge in [0.05, 0.1) is 12.2 Å².